The number of hydrogen-bond acceptors (Lipinski definition) is 4. The van der Waals surface area contributed by atoms with Gasteiger partial charge in [-0.1, -0.05) is 6.92 Å². The SMILES string of the molecule is CCCOc1ccc(C=Nc2ccc(N(C)C)cc2)c(O)c1. The van der Waals surface area contributed by atoms with E-state index in [-0.39, 0.29) is 5.75 Å². The molecule has 0 heterocycles. The third-order valence-corrected chi connectivity index (χ3v) is 3.19. The van der Waals surface area contributed by atoms with Crippen LogP contribution in [0, 0.1) is 0 Å². The molecule has 0 saturated heterocycles. The summed E-state index contributed by atoms with van der Waals surface area (Å²) in [6.45, 7) is 2.69. The number of ether oxygens (including phenoxy) is 1. The minimum Gasteiger partial charge on any atom is -0.507 e. The smallest absolute Gasteiger partial charge is 0.128 e. The van der Waals surface area contributed by atoms with Crippen LogP contribution >= 0.6 is 0 Å². The number of nitrogens with zero attached hydrogens (tertiary/aromatic N) is 2. The lowest BCUT2D eigenvalue weighted by Gasteiger charge is -2.11. The van der Waals surface area contributed by atoms with Crippen LogP contribution in [0.2, 0.25) is 0 Å². The minimum atomic E-state index is 0.169. The highest BCUT2D eigenvalue weighted by Gasteiger charge is 2.01. The Hall–Kier alpha value is -2.49. The van der Waals surface area contributed by atoms with Crippen LogP contribution in [-0.4, -0.2) is 32.0 Å². The second-order valence-corrected chi connectivity index (χ2v) is 5.24. The lowest BCUT2D eigenvalue weighted by Crippen LogP contribution is -2.07. The van der Waals surface area contributed by atoms with E-state index in [4.69, 9.17) is 4.74 Å². The lowest BCUT2D eigenvalue weighted by molar-refractivity contribution is 0.315. The maximum absolute atomic E-state index is 10.0. The molecule has 0 aromatic heterocycles. The van der Waals surface area contributed by atoms with Crippen molar-refractivity contribution in [2.75, 3.05) is 25.6 Å². The molecule has 0 bridgehead atoms. The molecule has 0 radical (unpaired) electrons. The zero-order chi connectivity index (χ0) is 15.9. The average Bonchev–Trinajstić information content (AvgIpc) is 2.52. The first-order valence-corrected chi connectivity index (χ1v) is 7.37. The van der Waals surface area contributed by atoms with E-state index in [1.807, 2.05) is 56.3 Å². The Morgan fingerprint density at radius 3 is 2.45 bits per heavy atom. The molecule has 116 valence electrons. The van der Waals surface area contributed by atoms with Gasteiger partial charge in [0.15, 0.2) is 0 Å². The quantitative estimate of drug-likeness (QED) is 0.820. The predicted molar refractivity (Wildman–Crippen MR) is 91.9 cm³/mol. The molecule has 2 rings (SSSR count). The molecule has 2 aromatic rings. The normalized spacial score (nSPS) is 10.9. The second kappa shape index (κ2) is 7.50. The van der Waals surface area contributed by atoms with Crippen molar-refractivity contribution >= 4 is 17.6 Å². The van der Waals surface area contributed by atoms with Crippen molar-refractivity contribution in [3.05, 3.63) is 48.0 Å². The van der Waals surface area contributed by atoms with Crippen LogP contribution in [0.5, 0.6) is 11.5 Å². The van der Waals surface area contributed by atoms with Gasteiger partial charge in [-0.3, -0.25) is 4.99 Å². The van der Waals surface area contributed by atoms with Gasteiger partial charge in [-0.15, -0.1) is 0 Å². The van der Waals surface area contributed by atoms with Crippen molar-refractivity contribution in [2.45, 2.75) is 13.3 Å². The van der Waals surface area contributed by atoms with Gasteiger partial charge in [-0.05, 0) is 42.8 Å². The van der Waals surface area contributed by atoms with Gasteiger partial charge in [0.1, 0.15) is 11.5 Å². The molecule has 0 amide bonds. The molecule has 0 spiro atoms. The molecule has 2 aromatic carbocycles. The largest absolute Gasteiger partial charge is 0.507 e. The van der Waals surface area contributed by atoms with E-state index in [1.54, 1.807) is 18.3 Å². The first-order valence-electron chi connectivity index (χ1n) is 7.37. The first kappa shape index (κ1) is 15.9. The molecule has 4 heteroatoms. The Bertz CT molecular complexity index is 634. The van der Waals surface area contributed by atoms with Crippen molar-refractivity contribution in [3.63, 3.8) is 0 Å². The number of aliphatic imine (C=N–C) groups is 1. The third kappa shape index (κ3) is 4.25. The van der Waals surface area contributed by atoms with E-state index in [0.717, 1.165) is 17.8 Å². The van der Waals surface area contributed by atoms with E-state index >= 15 is 0 Å². The van der Waals surface area contributed by atoms with Crippen LogP contribution in [-0.2, 0) is 0 Å². The zero-order valence-corrected chi connectivity index (χ0v) is 13.3. The number of phenolic OH excluding ortho intramolecular Hbond substituents is 1. The first-order chi connectivity index (χ1) is 10.6. The number of phenols is 1. The Labute approximate surface area is 131 Å². The molecule has 4 nitrogen and oxygen atoms in total. The number of hydrogen-bond donors (Lipinski definition) is 1. The fraction of sp³-hybridized carbons (Fsp3) is 0.278. The van der Waals surface area contributed by atoms with Gasteiger partial charge >= 0.3 is 0 Å². The topological polar surface area (TPSA) is 45.1 Å². The maximum atomic E-state index is 10.0. The van der Waals surface area contributed by atoms with E-state index in [1.165, 1.54) is 0 Å². The van der Waals surface area contributed by atoms with E-state index in [0.29, 0.717) is 17.9 Å². The standard InChI is InChI=1S/C18H22N2O2/c1-4-11-22-17-10-5-14(18(21)12-17)13-19-15-6-8-16(9-7-15)20(2)3/h5-10,12-13,21H,4,11H2,1-3H3. The lowest BCUT2D eigenvalue weighted by atomic mass is 10.2. The monoisotopic (exact) mass is 298 g/mol. The summed E-state index contributed by atoms with van der Waals surface area (Å²) in [7, 11) is 4.00. The highest BCUT2D eigenvalue weighted by atomic mass is 16.5. The van der Waals surface area contributed by atoms with Crippen molar-refractivity contribution in [1.29, 1.82) is 0 Å². The number of anilines is 1. The minimum absolute atomic E-state index is 0.169. The second-order valence-electron chi connectivity index (χ2n) is 5.24. The summed E-state index contributed by atoms with van der Waals surface area (Å²) in [4.78, 5) is 6.42. The number of rotatable bonds is 6. The summed E-state index contributed by atoms with van der Waals surface area (Å²) in [5.74, 6) is 0.842. The molecule has 0 unspecified atom stereocenters. The van der Waals surface area contributed by atoms with Gasteiger partial charge in [0.25, 0.3) is 0 Å². The van der Waals surface area contributed by atoms with E-state index in [9.17, 15) is 5.11 Å². The van der Waals surface area contributed by atoms with Crippen LogP contribution in [0.4, 0.5) is 11.4 Å². The highest BCUT2D eigenvalue weighted by Crippen LogP contribution is 2.24. The molecule has 0 fully saturated rings. The predicted octanol–water partition coefficient (Wildman–Crippen LogP) is 4.00. The summed E-state index contributed by atoms with van der Waals surface area (Å²) >= 11 is 0. The van der Waals surface area contributed by atoms with Crippen LogP contribution in [0.3, 0.4) is 0 Å². The Morgan fingerprint density at radius 1 is 1.14 bits per heavy atom. The van der Waals surface area contributed by atoms with Gasteiger partial charge in [0, 0.05) is 37.6 Å². The molecular formula is C18H22N2O2. The molecule has 0 aliphatic carbocycles. The van der Waals surface area contributed by atoms with Gasteiger partial charge in [0.2, 0.25) is 0 Å². The molecule has 0 aliphatic rings. The maximum Gasteiger partial charge on any atom is 0.128 e. The van der Waals surface area contributed by atoms with Gasteiger partial charge < -0.3 is 14.7 Å². The Balaban J connectivity index is 2.09. The highest BCUT2D eigenvalue weighted by molar-refractivity contribution is 5.85. The molecular weight excluding hydrogens is 276 g/mol. The van der Waals surface area contributed by atoms with Crippen LogP contribution in [0.1, 0.15) is 18.9 Å². The van der Waals surface area contributed by atoms with Gasteiger partial charge in [0.05, 0.1) is 12.3 Å². The van der Waals surface area contributed by atoms with Crippen molar-refractivity contribution in [1.82, 2.24) is 0 Å². The van der Waals surface area contributed by atoms with Crippen LogP contribution < -0.4 is 9.64 Å². The molecule has 1 N–H and O–H groups in total. The Morgan fingerprint density at radius 2 is 1.86 bits per heavy atom. The summed E-state index contributed by atoms with van der Waals surface area (Å²) in [6.07, 6.45) is 2.59. The van der Waals surface area contributed by atoms with Crippen molar-refractivity contribution in [3.8, 4) is 11.5 Å². The fourth-order valence-electron chi connectivity index (χ4n) is 1.92. The van der Waals surface area contributed by atoms with Crippen molar-refractivity contribution < 1.29 is 9.84 Å². The molecule has 0 saturated carbocycles. The van der Waals surface area contributed by atoms with Crippen LogP contribution in [0.25, 0.3) is 0 Å². The summed E-state index contributed by atoms with van der Waals surface area (Å²) in [6, 6.07) is 13.2. The summed E-state index contributed by atoms with van der Waals surface area (Å²) in [5, 5.41) is 10.0. The van der Waals surface area contributed by atoms with Gasteiger partial charge in [-0.25, -0.2) is 0 Å². The van der Waals surface area contributed by atoms with E-state index in [2.05, 4.69) is 4.99 Å². The fourth-order valence-corrected chi connectivity index (χ4v) is 1.92. The average molecular weight is 298 g/mol. The summed E-state index contributed by atoms with van der Waals surface area (Å²) < 4.78 is 5.48. The van der Waals surface area contributed by atoms with E-state index < -0.39 is 0 Å². The zero-order valence-electron chi connectivity index (χ0n) is 13.3. The van der Waals surface area contributed by atoms with Crippen LogP contribution in [0.15, 0.2) is 47.5 Å². The molecule has 0 atom stereocenters. The molecule has 0 aliphatic heterocycles. The third-order valence-electron chi connectivity index (χ3n) is 3.19. The van der Waals surface area contributed by atoms with Crippen molar-refractivity contribution in [2.24, 2.45) is 4.99 Å². The summed E-state index contributed by atoms with van der Waals surface area (Å²) in [5.41, 5.74) is 2.64. The van der Waals surface area contributed by atoms with Gasteiger partial charge in [-0.2, -0.15) is 0 Å². The Kier molecular flexibility index (Phi) is 5.42. The number of aromatic hydroxyl groups is 1. The molecule has 22 heavy (non-hydrogen) atoms. The number of benzene rings is 2.